The monoisotopic (exact) mass is 439 g/mol. The standard InChI is InChI=1S/C25H30FN3O3/c1-17(30)19-5-8-23(24(15-19)31-2)32-14-4-3-11-29-12-9-18(10-13-29)25-21-7-6-20(26)16-22(21)27-28-25/h5-8,15-16,18H,3-4,9-14H2,1-2H3,(H,27,28). The minimum atomic E-state index is -0.238. The van der Waals surface area contributed by atoms with Crippen molar-refractivity contribution in [3.05, 3.63) is 53.5 Å². The number of hydrogen-bond donors (Lipinski definition) is 1. The summed E-state index contributed by atoms with van der Waals surface area (Å²) in [6, 6.07) is 10.1. The van der Waals surface area contributed by atoms with Gasteiger partial charge in [-0.1, -0.05) is 0 Å². The predicted octanol–water partition coefficient (Wildman–Crippen LogP) is 4.95. The van der Waals surface area contributed by atoms with Gasteiger partial charge in [-0.3, -0.25) is 9.89 Å². The van der Waals surface area contributed by atoms with Gasteiger partial charge in [-0.15, -0.1) is 0 Å². The number of aromatic nitrogens is 2. The summed E-state index contributed by atoms with van der Waals surface area (Å²) in [5, 5.41) is 8.48. The molecule has 1 aromatic heterocycles. The third-order valence-electron chi connectivity index (χ3n) is 6.23. The van der Waals surface area contributed by atoms with Crippen molar-refractivity contribution in [3.8, 4) is 11.5 Å². The molecule has 0 saturated carbocycles. The molecule has 7 heteroatoms. The molecule has 1 fully saturated rings. The molecule has 1 aliphatic rings. The number of Topliss-reactive ketones (excluding diaryl/α,β-unsaturated/α-hetero) is 1. The second-order valence-corrected chi connectivity index (χ2v) is 8.39. The van der Waals surface area contributed by atoms with Crippen LogP contribution in [-0.2, 0) is 0 Å². The van der Waals surface area contributed by atoms with Crippen molar-refractivity contribution in [3.63, 3.8) is 0 Å². The number of aromatic amines is 1. The Balaban J connectivity index is 1.19. The number of carbonyl (C=O) groups is 1. The molecular formula is C25H30FN3O3. The van der Waals surface area contributed by atoms with Crippen LogP contribution in [-0.4, -0.2) is 54.2 Å². The maximum Gasteiger partial charge on any atom is 0.161 e. The van der Waals surface area contributed by atoms with Crippen LogP contribution >= 0.6 is 0 Å². The van der Waals surface area contributed by atoms with E-state index in [2.05, 4.69) is 15.1 Å². The molecule has 1 saturated heterocycles. The Kier molecular flexibility index (Phi) is 7.05. The average Bonchev–Trinajstić information content (AvgIpc) is 3.22. The first kappa shape index (κ1) is 22.3. The zero-order chi connectivity index (χ0) is 22.5. The highest BCUT2D eigenvalue weighted by molar-refractivity contribution is 5.94. The van der Waals surface area contributed by atoms with Gasteiger partial charge in [0.1, 0.15) is 5.82 Å². The maximum atomic E-state index is 13.4. The predicted molar refractivity (Wildman–Crippen MR) is 122 cm³/mol. The molecule has 6 nitrogen and oxygen atoms in total. The van der Waals surface area contributed by atoms with Crippen LogP contribution in [0.2, 0.25) is 0 Å². The quantitative estimate of drug-likeness (QED) is 0.377. The number of halogens is 1. The van der Waals surface area contributed by atoms with Crippen LogP contribution in [0.5, 0.6) is 11.5 Å². The number of likely N-dealkylation sites (tertiary alicyclic amines) is 1. The Morgan fingerprint density at radius 3 is 2.72 bits per heavy atom. The molecule has 0 bridgehead atoms. The van der Waals surface area contributed by atoms with Gasteiger partial charge in [-0.05, 0) is 88.6 Å². The Labute approximate surface area is 187 Å². The first-order chi connectivity index (χ1) is 15.5. The fourth-order valence-electron chi connectivity index (χ4n) is 4.38. The Hall–Kier alpha value is -2.93. The largest absolute Gasteiger partial charge is 0.493 e. The minimum Gasteiger partial charge on any atom is -0.493 e. The van der Waals surface area contributed by atoms with E-state index >= 15 is 0 Å². The summed E-state index contributed by atoms with van der Waals surface area (Å²) in [6.07, 6.45) is 4.14. The number of fused-ring (bicyclic) bond motifs is 1. The highest BCUT2D eigenvalue weighted by Crippen LogP contribution is 2.32. The summed E-state index contributed by atoms with van der Waals surface area (Å²) < 4.78 is 24.6. The van der Waals surface area contributed by atoms with Crippen LogP contribution in [0.15, 0.2) is 36.4 Å². The van der Waals surface area contributed by atoms with Gasteiger partial charge in [0, 0.05) is 16.9 Å². The fraction of sp³-hybridized carbons (Fsp3) is 0.440. The lowest BCUT2D eigenvalue weighted by Crippen LogP contribution is -2.34. The van der Waals surface area contributed by atoms with Crippen molar-refractivity contribution in [1.82, 2.24) is 15.1 Å². The van der Waals surface area contributed by atoms with E-state index < -0.39 is 0 Å². The smallest absolute Gasteiger partial charge is 0.161 e. The van der Waals surface area contributed by atoms with Gasteiger partial charge >= 0.3 is 0 Å². The molecule has 3 aromatic rings. The van der Waals surface area contributed by atoms with Gasteiger partial charge in [-0.25, -0.2) is 4.39 Å². The van der Waals surface area contributed by atoms with Crippen LogP contribution in [0, 0.1) is 5.82 Å². The summed E-state index contributed by atoms with van der Waals surface area (Å²) in [6.45, 7) is 5.28. The molecule has 0 spiro atoms. The van der Waals surface area contributed by atoms with Crippen molar-refractivity contribution in [2.75, 3.05) is 33.4 Å². The minimum absolute atomic E-state index is 0.00740. The topological polar surface area (TPSA) is 67.5 Å². The number of unbranched alkanes of at least 4 members (excludes halogenated alkanes) is 1. The molecule has 1 aliphatic heterocycles. The van der Waals surface area contributed by atoms with Crippen molar-refractivity contribution in [2.45, 2.75) is 38.5 Å². The second kappa shape index (κ2) is 10.1. The van der Waals surface area contributed by atoms with E-state index in [9.17, 15) is 9.18 Å². The molecule has 4 rings (SSSR count). The van der Waals surface area contributed by atoms with E-state index in [0.29, 0.717) is 29.6 Å². The molecule has 2 aromatic carbocycles. The average molecular weight is 440 g/mol. The van der Waals surface area contributed by atoms with Crippen molar-refractivity contribution < 1.29 is 18.7 Å². The molecule has 0 atom stereocenters. The van der Waals surface area contributed by atoms with E-state index in [1.165, 1.54) is 19.1 Å². The van der Waals surface area contributed by atoms with Crippen LogP contribution in [0.25, 0.3) is 10.9 Å². The van der Waals surface area contributed by atoms with Crippen LogP contribution in [0.4, 0.5) is 4.39 Å². The lowest BCUT2D eigenvalue weighted by molar-refractivity contribution is 0.101. The number of carbonyl (C=O) groups excluding carboxylic acids is 1. The molecule has 0 radical (unpaired) electrons. The van der Waals surface area contributed by atoms with Crippen LogP contribution < -0.4 is 9.47 Å². The highest BCUT2D eigenvalue weighted by Gasteiger charge is 2.24. The van der Waals surface area contributed by atoms with Crippen LogP contribution in [0.1, 0.15) is 54.6 Å². The molecule has 1 N–H and O–H groups in total. The van der Waals surface area contributed by atoms with Gasteiger partial charge in [0.15, 0.2) is 17.3 Å². The summed E-state index contributed by atoms with van der Waals surface area (Å²) >= 11 is 0. The number of benzene rings is 2. The van der Waals surface area contributed by atoms with Crippen molar-refractivity contribution in [1.29, 1.82) is 0 Å². The molecule has 0 amide bonds. The maximum absolute atomic E-state index is 13.4. The highest BCUT2D eigenvalue weighted by atomic mass is 19.1. The lowest BCUT2D eigenvalue weighted by Gasteiger charge is -2.31. The number of nitrogens with zero attached hydrogens (tertiary/aromatic N) is 2. The summed E-state index contributed by atoms with van der Waals surface area (Å²) in [7, 11) is 1.58. The number of methoxy groups -OCH3 is 1. The Morgan fingerprint density at radius 1 is 1.16 bits per heavy atom. The zero-order valence-electron chi connectivity index (χ0n) is 18.7. The van der Waals surface area contributed by atoms with E-state index in [1.807, 2.05) is 6.07 Å². The molecule has 0 aliphatic carbocycles. The van der Waals surface area contributed by atoms with Gasteiger partial charge in [0.2, 0.25) is 0 Å². The van der Waals surface area contributed by atoms with Gasteiger partial charge in [-0.2, -0.15) is 5.10 Å². The molecular weight excluding hydrogens is 409 g/mol. The normalized spacial score (nSPS) is 15.2. The fourth-order valence-corrected chi connectivity index (χ4v) is 4.38. The number of ketones is 1. The third kappa shape index (κ3) is 5.10. The number of hydrogen-bond acceptors (Lipinski definition) is 5. The summed E-state index contributed by atoms with van der Waals surface area (Å²) in [4.78, 5) is 14.0. The van der Waals surface area contributed by atoms with E-state index in [4.69, 9.17) is 9.47 Å². The first-order valence-corrected chi connectivity index (χ1v) is 11.2. The molecule has 2 heterocycles. The number of piperidine rings is 1. The Bertz CT molecular complexity index is 1070. The third-order valence-corrected chi connectivity index (χ3v) is 6.23. The van der Waals surface area contributed by atoms with E-state index in [0.717, 1.165) is 61.9 Å². The number of nitrogens with one attached hydrogen (secondary N) is 1. The Morgan fingerprint density at radius 2 is 1.97 bits per heavy atom. The number of H-pyrrole nitrogens is 1. The number of rotatable bonds is 9. The van der Waals surface area contributed by atoms with Gasteiger partial charge in [0.25, 0.3) is 0 Å². The van der Waals surface area contributed by atoms with Gasteiger partial charge in [0.05, 0.1) is 24.9 Å². The van der Waals surface area contributed by atoms with Crippen molar-refractivity contribution >= 4 is 16.7 Å². The molecule has 0 unspecified atom stereocenters. The summed E-state index contributed by atoms with van der Waals surface area (Å²) in [5.74, 6) is 1.45. The molecule has 170 valence electrons. The molecule has 32 heavy (non-hydrogen) atoms. The first-order valence-electron chi connectivity index (χ1n) is 11.2. The van der Waals surface area contributed by atoms with Crippen molar-refractivity contribution in [2.24, 2.45) is 0 Å². The summed E-state index contributed by atoms with van der Waals surface area (Å²) in [5.41, 5.74) is 2.46. The zero-order valence-corrected chi connectivity index (χ0v) is 18.7. The lowest BCUT2D eigenvalue weighted by atomic mass is 9.91. The van der Waals surface area contributed by atoms with E-state index in [-0.39, 0.29) is 11.6 Å². The van der Waals surface area contributed by atoms with Gasteiger partial charge < -0.3 is 14.4 Å². The SMILES string of the molecule is COc1cc(C(C)=O)ccc1OCCCCN1CCC(c2n[nH]c3cc(F)ccc23)CC1. The number of ether oxygens (including phenoxy) is 2. The van der Waals surface area contributed by atoms with E-state index in [1.54, 1.807) is 25.3 Å². The van der Waals surface area contributed by atoms with Crippen LogP contribution in [0.3, 0.4) is 0 Å². The second-order valence-electron chi connectivity index (χ2n) is 8.39.